The molecule has 0 aliphatic heterocycles. The van der Waals surface area contributed by atoms with Crippen molar-refractivity contribution >= 4 is 11.9 Å². The summed E-state index contributed by atoms with van der Waals surface area (Å²) in [5, 5.41) is 11.8. The maximum atomic E-state index is 12.6. The second-order valence-corrected chi connectivity index (χ2v) is 7.85. The van der Waals surface area contributed by atoms with Crippen LogP contribution in [0.4, 0.5) is 0 Å². The first-order valence-corrected chi connectivity index (χ1v) is 8.37. The lowest BCUT2D eigenvalue weighted by Gasteiger charge is -2.33. The van der Waals surface area contributed by atoms with Crippen molar-refractivity contribution in [1.82, 2.24) is 5.32 Å². The van der Waals surface area contributed by atoms with Crippen LogP contribution in [0.25, 0.3) is 0 Å². The van der Waals surface area contributed by atoms with Gasteiger partial charge in [-0.25, -0.2) is 4.79 Å². The first-order valence-electron chi connectivity index (χ1n) is 8.37. The Morgan fingerprint density at radius 3 is 2.24 bits per heavy atom. The largest absolute Gasteiger partial charge is 0.490 e. The van der Waals surface area contributed by atoms with Crippen LogP contribution >= 0.6 is 0 Å². The van der Waals surface area contributed by atoms with Crippen LogP contribution in [0.2, 0.25) is 0 Å². The monoisotopic (exact) mass is 351 g/mol. The van der Waals surface area contributed by atoms with Crippen molar-refractivity contribution in [3.63, 3.8) is 0 Å². The number of carboxylic acids is 1. The molecule has 1 aromatic rings. The molecule has 140 valence electrons. The highest BCUT2D eigenvalue weighted by atomic mass is 16.5. The van der Waals surface area contributed by atoms with Crippen molar-refractivity contribution in [2.75, 3.05) is 13.2 Å². The molecule has 2 N–H and O–H groups in total. The lowest BCUT2D eigenvalue weighted by molar-refractivity contribution is -0.139. The summed E-state index contributed by atoms with van der Waals surface area (Å²) in [4.78, 5) is 23.2. The third-order valence-electron chi connectivity index (χ3n) is 3.28. The van der Waals surface area contributed by atoms with Crippen molar-refractivity contribution in [3.8, 4) is 11.5 Å². The summed E-state index contributed by atoms with van der Waals surface area (Å²) in [6, 6.07) is 4.73. The van der Waals surface area contributed by atoms with E-state index in [2.05, 4.69) is 26.1 Å². The van der Waals surface area contributed by atoms with E-state index in [0.29, 0.717) is 23.7 Å². The minimum Gasteiger partial charge on any atom is -0.490 e. The number of carbonyl (C=O) groups excluding carboxylic acids is 1. The minimum atomic E-state index is -1.08. The van der Waals surface area contributed by atoms with Gasteiger partial charge in [0.15, 0.2) is 18.1 Å². The predicted molar refractivity (Wildman–Crippen MR) is 96.4 cm³/mol. The molecule has 6 heteroatoms. The van der Waals surface area contributed by atoms with Gasteiger partial charge < -0.3 is 19.9 Å². The number of carbonyl (C=O) groups is 2. The molecule has 0 fully saturated rings. The maximum absolute atomic E-state index is 12.6. The first-order chi connectivity index (χ1) is 11.4. The zero-order valence-corrected chi connectivity index (χ0v) is 15.9. The topological polar surface area (TPSA) is 84.9 Å². The van der Waals surface area contributed by atoms with E-state index < -0.39 is 12.6 Å². The number of ether oxygens (including phenoxy) is 2. The van der Waals surface area contributed by atoms with Crippen LogP contribution in [0.5, 0.6) is 11.5 Å². The van der Waals surface area contributed by atoms with E-state index in [1.807, 2.05) is 13.8 Å². The van der Waals surface area contributed by atoms with Crippen molar-refractivity contribution in [1.29, 1.82) is 0 Å². The van der Waals surface area contributed by atoms with Gasteiger partial charge in [0.25, 0.3) is 5.91 Å². The Bertz CT molecular complexity index is 617. The fourth-order valence-corrected chi connectivity index (χ4v) is 2.93. The molecule has 0 aromatic heterocycles. The van der Waals surface area contributed by atoms with Crippen LogP contribution in [0, 0.1) is 5.41 Å². The summed E-state index contributed by atoms with van der Waals surface area (Å²) < 4.78 is 10.7. The molecular weight excluding hydrogens is 322 g/mol. The average Bonchev–Trinajstić information content (AvgIpc) is 2.42. The van der Waals surface area contributed by atoms with Crippen LogP contribution in [-0.2, 0) is 4.79 Å². The fourth-order valence-electron chi connectivity index (χ4n) is 2.93. The number of aliphatic carboxylic acids is 1. The molecule has 0 heterocycles. The fraction of sp³-hybridized carbons (Fsp3) is 0.579. The quantitative estimate of drug-likeness (QED) is 0.749. The van der Waals surface area contributed by atoms with Gasteiger partial charge in [-0.05, 0) is 50.8 Å². The van der Waals surface area contributed by atoms with E-state index in [1.165, 1.54) is 0 Å². The highest BCUT2D eigenvalue weighted by Gasteiger charge is 2.27. The third kappa shape index (κ3) is 7.45. The molecule has 1 amide bonds. The number of hydrogen-bond acceptors (Lipinski definition) is 4. The Morgan fingerprint density at radius 2 is 1.72 bits per heavy atom. The number of benzene rings is 1. The molecule has 0 saturated carbocycles. The van der Waals surface area contributed by atoms with Crippen LogP contribution in [0.3, 0.4) is 0 Å². The normalized spacial score (nSPS) is 11.8. The summed E-state index contributed by atoms with van der Waals surface area (Å²) in [5.74, 6) is -0.632. The van der Waals surface area contributed by atoms with E-state index in [4.69, 9.17) is 14.6 Å². The molecule has 25 heavy (non-hydrogen) atoms. The van der Waals surface area contributed by atoms with E-state index >= 15 is 0 Å². The molecule has 0 atom stereocenters. The van der Waals surface area contributed by atoms with Crippen molar-refractivity contribution in [2.24, 2.45) is 5.41 Å². The Balaban J connectivity index is 2.95. The standard InChI is InChI=1S/C19H29NO5/c1-7-24-15-10-13(8-9-14(15)25-11-16(21)22)17(23)20-19(5,6)12-18(2,3)4/h8-10H,7,11-12H2,1-6H3,(H,20,23)(H,21,22). The number of amides is 1. The molecular formula is C19H29NO5. The van der Waals surface area contributed by atoms with Gasteiger partial charge >= 0.3 is 5.97 Å². The second kappa shape index (κ2) is 8.23. The van der Waals surface area contributed by atoms with Crippen LogP contribution < -0.4 is 14.8 Å². The number of hydrogen-bond donors (Lipinski definition) is 2. The molecule has 0 unspecified atom stereocenters. The van der Waals surface area contributed by atoms with E-state index in [0.717, 1.165) is 6.42 Å². The zero-order chi connectivity index (χ0) is 19.3. The summed E-state index contributed by atoms with van der Waals surface area (Å²) >= 11 is 0. The Labute approximate surface area is 149 Å². The maximum Gasteiger partial charge on any atom is 0.341 e. The number of rotatable bonds is 8. The molecule has 0 spiro atoms. The van der Waals surface area contributed by atoms with Gasteiger partial charge in [-0.2, -0.15) is 0 Å². The molecule has 6 nitrogen and oxygen atoms in total. The molecule has 0 saturated heterocycles. The summed E-state index contributed by atoms with van der Waals surface area (Å²) in [6.07, 6.45) is 0.823. The Morgan fingerprint density at radius 1 is 1.08 bits per heavy atom. The SMILES string of the molecule is CCOc1cc(C(=O)NC(C)(C)CC(C)(C)C)ccc1OCC(=O)O. The van der Waals surface area contributed by atoms with Gasteiger partial charge in [0.2, 0.25) is 0 Å². The van der Waals surface area contributed by atoms with E-state index in [1.54, 1.807) is 25.1 Å². The van der Waals surface area contributed by atoms with Crippen LogP contribution in [-0.4, -0.2) is 35.7 Å². The highest BCUT2D eigenvalue weighted by molar-refractivity contribution is 5.95. The molecule has 0 radical (unpaired) electrons. The second-order valence-electron chi connectivity index (χ2n) is 7.85. The Hall–Kier alpha value is -2.24. The smallest absolute Gasteiger partial charge is 0.341 e. The van der Waals surface area contributed by atoms with Crippen molar-refractivity contribution < 1.29 is 24.2 Å². The molecule has 1 aromatic carbocycles. The van der Waals surface area contributed by atoms with Crippen LogP contribution in [0.1, 0.15) is 58.3 Å². The van der Waals surface area contributed by atoms with Gasteiger partial charge in [0, 0.05) is 11.1 Å². The Kier molecular flexibility index (Phi) is 6.85. The van der Waals surface area contributed by atoms with Gasteiger partial charge in [-0.1, -0.05) is 20.8 Å². The van der Waals surface area contributed by atoms with Gasteiger partial charge in [0.05, 0.1) is 6.61 Å². The number of nitrogens with one attached hydrogen (secondary N) is 1. The third-order valence-corrected chi connectivity index (χ3v) is 3.28. The summed E-state index contributed by atoms with van der Waals surface area (Å²) in [7, 11) is 0. The van der Waals surface area contributed by atoms with Gasteiger partial charge in [-0.15, -0.1) is 0 Å². The first kappa shape index (κ1) is 20.8. The van der Waals surface area contributed by atoms with Crippen LogP contribution in [0.15, 0.2) is 18.2 Å². The number of carboxylic acid groups (broad SMARTS) is 1. The van der Waals surface area contributed by atoms with Gasteiger partial charge in [0.1, 0.15) is 0 Å². The van der Waals surface area contributed by atoms with Crippen molar-refractivity contribution in [2.45, 2.75) is 53.5 Å². The lowest BCUT2D eigenvalue weighted by atomic mass is 9.81. The van der Waals surface area contributed by atoms with Gasteiger partial charge in [-0.3, -0.25) is 4.79 Å². The summed E-state index contributed by atoms with van der Waals surface area (Å²) in [6.45, 7) is 12.1. The predicted octanol–water partition coefficient (Wildman–Crippen LogP) is 3.49. The van der Waals surface area contributed by atoms with E-state index in [-0.39, 0.29) is 16.9 Å². The minimum absolute atomic E-state index is 0.0851. The molecule has 0 aliphatic carbocycles. The zero-order valence-electron chi connectivity index (χ0n) is 15.9. The molecule has 1 rings (SSSR count). The van der Waals surface area contributed by atoms with E-state index in [9.17, 15) is 9.59 Å². The lowest BCUT2D eigenvalue weighted by Crippen LogP contribution is -2.45. The van der Waals surface area contributed by atoms with Crippen molar-refractivity contribution in [3.05, 3.63) is 23.8 Å². The molecule has 0 bridgehead atoms. The highest BCUT2D eigenvalue weighted by Crippen LogP contribution is 2.30. The summed E-state index contributed by atoms with van der Waals surface area (Å²) in [5.41, 5.74) is 0.162. The average molecular weight is 351 g/mol. The molecule has 0 aliphatic rings.